The van der Waals surface area contributed by atoms with E-state index in [1.54, 1.807) is 31.6 Å². The second-order valence-corrected chi connectivity index (χ2v) is 4.31. The Morgan fingerprint density at radius 1 is 1.14 bits per heavy atom. The number of nitrogens with one attached hydrogen (secondary N) is 1. The molecule has 0 radical (unpaired) electrons. The topological polar surface area (TPSA) is 77.0 Å². The Morgan fingerprint density at radius 2 is 1.95 bits per heavy atom. The molecule has 0 unspecified atom stereocenters. The van der Waals surface area contributed by atoms with Crippen molar-refractivity contribution in [3.63, 3.8) is 0 Å². The molecule has 2 aromatic heterocycles. The Labute approximate surface area is 120 Å². The van der Waals surface area contributed by atoms with Crippen LogP contribution in [0.3, 0.4) is 0 Å². The first-order chi connectivity index (χ1) is 10.3. The number of anilines is 1. The molecule has 0 saturated heterocycles. The van der Waals surface area contributed by atoms with E-state index in [1.807, 2.05) is 18.2 Å². The molecule has 104 valence electrons. The molecule has 1 N–H and O–H groups in total. The Morgan fingerprint density at radius 3 is 2.71 bits per heavy atom. The molecule has 3 rings (SSSR count). The zero-order chi connectivity index (χ0) is 14.7. The summed E-state index contributed by atoms with van der Waals surface area (Å²) in [4.78, 5) is 24.3. The monoisotopic (exact) mass is 280 g/mol. The minimum Gasteiger partial charge on any atom is -0.497 e. The smallest absolute Gasteiger partial charge is 0.259 e. The Balaban J connectivity index is 1.91. The second-order valence-electron chi connectivity index (χ2n) is 4.31. The molecule has 2 heterocycles. The summed E-state index contributed by atoms with van der Waals surface area (Å²) in [5, 5.41) is 3.45. The fourth-order valence-corrected chi connectivity index (χ4v) is 1.90. The lowest BCUT2D eigenvalue weighted by molar-refractivity contribution is 0.102. The van der Waals surface area contributed by atoms with Gasteiger partial charge in [-0.3, -0.25) is 15.1 Å². The van der Waals surface area contributed by atoms with Crippen molar-refractivity contribution >= 4 is 22.8 Å². The average Bonchev–Trinajstić information content (AvgIpc) is 2.54. The third kappa shape index (κ3) is 2.79. The number of pyridine rings is 1. The SMILES string of the molecule is COc1ccc2ncc(C(=O)Nc3ncccn3)cc2c1. The van der Waals surface area contributed by atoms with Crippen molar-refractivity contribution in [1.29, 1.82) is 0 Å². The zero-order valence-corrected chi connectivity index (χ0v) is 11.3. The number of carbonyl (C=O) groups excluding carboxylic acids is 1. The number of amides is 1. The predicted octanol–water partition coefficient (Wildman–Crippen LogP) is 2.29. The normalized spacial score (nSPS) is 10.3. The Hall–Kier alpha value is -3.02. The second kappa shape index (κ2) is 5.54. The first kappa shape index (κ1) is 13.0. The van der Waals surface area contributed by atoms with Gasteiger partial charge in [0.1, 0.15) is 5.75 Å². The van der Waals surface area contributed by atoms with Crippen LogP contribution in [-0.4, -0.2) is 28.0 Å². The quantitative estimate of drug-likeness (QED) is 0.796. The fraction of sp³-hybridized carbons (Fsp3) is 0.0667. The van der Waals surface area contributed by atoms with E-state index in [0.29, 0.717) is 11.3 Å². The summed E-state index contributed by atoms with van der Waals surface area (Å²) >= 11 is 0. The van der Waals surface area contributed by atoms with Gasteiger partial charge in [-0.15, -0.1) is 0 Å². The van der Waals surface area contributed by atoms with Crippen LogP contribution in [0.1, 0.15) is 10.4 Å². The highest BCUT2D eigenvalue weighted by atomic mass is 16.5. The van der Waals surface area contributed by atoms with Gasteiger partial charge in [-0.2, -0.15) is 0 Å². The molecule has 21 heavy (non-hydrogen) atoms. The number of aromatic nitrogens is 3. The van der Waals surface area contributed by atoms with Gasteiger partial charge in [-0.05, 0) is 30.3 Å². The molecule has 0 spiro atoms. The number of nitrogens with zero attached hydrogens (tertiary/aromatic N) is 3. The lowest BCUT2D eigenvalue weighted by Crippen LogP contribution is -2.14. The van der Waals surface area contributed by atoms with Crippen molar-refractivity contribution in [3.05, 3.63) is 54.5 Å². The number of fused-ring (bicyclic) bond motifs is 1. The molecule has 0 fully saturated rings. The summed E-state index contributed by atoms with van der Waals surface area (Å²) in [5.74, 6) is 0.667. The van der Waals surface area contributed by atoms with Crippen molar-refractivity contribution in [1.82, 2.24) is 15.0 Å². The number of rotatable bonds is 3. The van der Waals surface area contributed by atoms with E-state index in [9.17, 15) is 4.79 Å². The predicted molar refractivity (Wildman–Crippen MR) is 78.3 cm³/mol. The van der Waals surface area contributed by atoms with Crippen LogP contribution in [0.5, 0.6) is 5.75 Å². The van der Waals surface area contributed by atoms with E-state index in [2.05, 4.69) is 20.3 Å². The van der Waals surface area contributed by atoms with Gasteiger partial charge in [0.15, 0.2) is 0 Å². The number of hydrogen-bond acceptors (Lipinski definition) is 5. The third-order valence-corrected chi connectivity index (χ3v) is 2.94. The minimum atomic E-state index is -0.307. The van der Waals surface area contributed by atoms with E-state index >= 15 is 0 Å². The molecule has 0 aliphatic heterocycles. The maximum atomic E-state index is 12.1. The van der Waals surface area contributed by atoms with Crippen molar-refractivity contribution in [2.45, 2.75) is 0 Å². The highest BCUT2D eigenvalue weighted by molar-refractivity contribution is 6.05. The lowest BCUT2D eigenvalue weighted by atomic mass is 10.1. The molecule has 0 atom stereocenters. The summed E-state index contributed by atoms with van der Waals surface area (Å²) in [5.41, 5.74) is 1.23. The molecular weight excluding hydrogens is 268 g/mol. The summed E-state index contributed by atoms with van der Waals surface area (Å²) < 4.78 is 5.17. The van der Waals surface area contributed by atoms with E-state index < -0.39 is 0 Å². The molecule has 6 heteroatoms. The van der Waals surface area contributed by atoms with Crippen LogP contribution in [-0.2, 0) is 0 Å². The van der Waals surface area contributed by atoms with Gasteiger partial charge in [0.25, 0.3) is 5.91 Å². The van der Waals surface area contributed by atoms with Gasteiger partial charge >= 0.3 is 0 Å². The molecule has 0 aliphatic rings. The highest BCUT2D eigenvalue weighted by Gasteiger charge is 2.09. The molecule has 1 amide bonds. The summed E-state index contributed by atoms with van der Waals surface area (Å²) in [6, 6.07) is 8.93. The number of carbonyl (C=O) groups is 1. The lowest BCUT2D eigenvalue weighted by Gasteiger charge is -2.05. The Bertz CT molecular complexity index is 790. The van der Waals surface area contributed by atoms with E-state index in [1.165, 1.54) is 6.20 Å². The first-order valence-electron chi connectivity index (χ1n) is 6.28. The van der Waals surface area contributed by atoms with Crippen LogP contribution in [0.25, 0.3) is 10.9 Å². The van der Waals surface area contributed by atoms with E-state index in [-0.39, 0.29) is 11.9 Å². The standard InChI is InChI=1S/C15H12N4O2/c1-21-12-3-4-13-10(8-12)7-11(9-18-13)14(20)19-15-16-5-2-6-17-15/h2-9H,1H3,(H,16,17,19,20). The summed E-state index contributed by atoms with van der Waals surface area (Å²) in [6.45, 7) is 0. The minimum absolute atomic E-state index is 0.258. The fourth-order valence-electron chi connectivity index (χ4n) is 1.90. The third-order valence-electron chi connectivity index (χ3n) is 2.94. The number of hydrogen-bond donors (Lipinski definition) is 1. The molecule has 1 aromatic carbocycles. The largest absolute Gasteiger partial charge is 0.497 e. The molecule has 0 aliphatic carbocycles. The highest BCUT2D eigenvalue weighted by Crippen LogP contribution is 2.20. The van der Waals surface area contributed by atoms with Crippen molar-refractivity contribution in [3.8, 4) is 5.75 Å². The maximum absolute atomic E-state index is 12.1. The van der Waals surface area contributed by atoms with E-state index in [0.717, 1.165) is 10.9 Å². The van der Waals surface area contributed by atoms with Crippen LogP contribution in [0.2, 0.25) is 0 Å². The van der Waals surface area contributed by atoms with Gasteiger partial charge in [0, 0.05) is 24.0 Å². The van der Waals surface area contributed by atoms with Gasteiger partial charge in [-0.1, -0.05) is 0 Å². The van der Waals surface area contributed by atoms with Crippen LogP contribution >= 0.6 is 0 Å². The van der Waals surface area contributed by atoms with Crippen LogP contribution < -0.4 is 10.1 Å². The van der Waals surface area contributed by atoms with Crippen molar-refractivity contribution in [2.24, 2.45) is 0 Å². The van der Waals surface area contributed by atoms with Gasteiger partial charge in [0.05, 0.1) is 18.2 Å². The Kier molecular flexibility index (Phi) is 3.42. The number of methoxy groups -OCH3 is 1. The number of benzene rings is 1. The zero-order valence-electron chi connectivity index (χ0n) is 11.3. The van der Waals surface area contributed by atoms with E-state index in [4.69, 9.17) is 4.74 Å². The van der Waals surface area contributed by atoms with Gasteiger partial charge in [-0.25, -0.2) is 9.97 Å². The summed E-state index contributed by atoms with van der Waals surface area (Å²) in [6.07, 6.45) is 4.64. The molecule has 6 nitrogen and oxygen atoms in total. The maximum Gasteiger partial charge on any atom is 0.259 e. The van der Waals surface area contributed by atoms with Crippen LogP contribution in [0.15, 0.2) is 48.9 Å². The van der Waals surface area contributed by atoms with Gasteiger partial charge < -0.3 is 4.74 Å². The van der Waals surface area contributed by atoms with Crippen LogP contribution in [0.4, 0.5) is 5.95 Å². The molecule has 0 bridgehead atoms. The first-order valence-corrected chi connectivity index (χ1v) is 6.28. The molecule has 3 aromatic rings. The number of ether oxygens (including phenoxy) is 1. The molecule has 0 saturated carbocycles. The van der Waals surface area contributed by atoms with Crippen molar-refractivity contribution < 1.29 is 9.53 Å². The van der Waals surface area contributed by atoms with Crippen LogP contribution in [0, 0.1) is 0 Å². The summed E-state index contributed by atoms with van der Waals surface area (Å²) in [7, 11) is 1.60. The average molecular weight is 280 g/mol. The van der Waals surface area contributed by atoms with Gasteiger partial charge in [0.2, 0.25) is 5.95 Å². The van der Waals surface area contributed by atoms with Crippen molar-refractivity contribution in [2.75, 3.05) is 12.4 Å². The molecular formula is C15H12N4O2.